The molecule has 0 unspecified atom stereocenters. The van der Waals surface area contributed by atoms with Crippen LogP contribution in [0.3, 0.4) is 0 Å². The molecule has 1 aromatic carbocycles. The Morgan fingerprint density at radius 2 is 1.88 bits per heavy atom. The molecule has 0 spiro atoms. The van der Waals surface area contributed by atoms with Crippen molar-refractivity contribution in [1.82, 2.24) is 15.0 Å². The van der Waals surface area contributed by atoms with Crippen LogP contribution >= 0.6 is 0 Å². The van der Waals surface area contributed by atoms with E-state index < -0.39 is 17.3 Å². The lowest BCUT2D eigenvalue weighted by Gasteiger charge is -2.04. The molecule has 0 aliphatic carbocycles. The molecule has 0 radical (unpaired) electrons. The Hall–Kier alpha value is -2.31. The fourth-order valence-electron chi connectivity index (χ4n) is 1.40. The van der Waals surface area contributed by atoms with Crippen LogP contribution in [0.4, 0.5) is 14.7 Å². The molecule has 0 aliphatic rings. The molecule has 0 atom stereocenters. The Morgan fingerprint density at radius 3 is 2.47 bits per heavy atom. The predicted molar refractivity (Wildman–Crippen MR) is 56.2 cm³/mol. The number of nitrogens with zero attached hydrogens (tertiary/aromatic N) is 2. The number of anilines is 1. The highest BCUT2D eigenvalue weighted by atomic mass is 19.1. The molecule has 7 heteroatoms. The molecule has 2 rings (SSSR count). The van der Waals surface area contributed by atoms with E-state index >= 15 is 0 Å². The van der Waals surface area contributed by atoms with Crippen molar-refractivity contribution in [3.63, 3.8) is 0 Å². The van der Waals surface area contributed by atoms with Crippen LogP contribution in [-0.2, 0) is 6.42 Å². The minimum absolute atomic E-state index is 0.0616. The predicted octanol–water partition coefficient (Wildman–Crippen LogP) is 0.616. The van der Waals surface area contributed by atoms with Gasteiger partial charge >= 0.3 is 5.69 Å². The summed E-state index contributed by atoms with van der Waals surface area (Å²) in [5.41, 5.74) is 4.38. The summed E-state index contributed by atoms with van der Waals surface area (Å²) in [5, 5.41) is 0. The lowest BCUT2D eigenvalue weighted by atomic mass is 10.1. The number of benzene rings is 1. The van der Waals surface area contributed by atoms with Crippen molar-refractivity contribution in [2.75, 3.05) is 5.73 Å². The summed E-state index contributed by atoms with van der Waals surface area (Å²) in [6, 6.07) is 3.51. The van der Waals surface area contributed by atoms with Gasteiger partial charge in [0, 0.05) is 12.0 Å². The van der Waals surface area contributed by atoms with Crippen LogP contribution < -0.4 is 11.4 Å². The second kappa shape index (κ2) is 4.28. The van der Waals surface area contributed by atoms with E-state index in [2.05, 4.69) is 15.0 Å². The number of aromatic amines is 1. The molecule has 0 saturated heterocycles. The summed E-state index contributed by atoms with van der Waals surface area (Å²) in [6.45, 7) is 0. The van der Waals surface area contributed by atoms with Crippen LogP contribution in [0.2, 0.25) is 0 Å². The van der Waals surface area contributed by atoms with Gasteiger partial charge in [0.25, 0.3) is 0 Å². The number of nitrogens with two attached hydrogens (primary N) is 1. The van der Waals surface area contributed by atoms with E-state index in [1.807, 2.05) is 0 Å². The summed E-state index contributed by atoms with van der Waals surface area (Å²) in [6.07, 6.45) is -0.194. The Labute approximate surface area is 94.3 Å². The zero-order chi connectivity index (χ0) is 12.4. The molecule has 5 nitrogen and oxygen atoms in total. The van der Waals surface area contributed by atoms with Gasteiger partial charge in [-0.3, -0.25) is 4.98 Å². The number of aromatic nitrogens is 3. The number of halogens is 2. The van der Waals surface area contributed by atoms with Crippen molar-refractivity contribution in [1.29, 1.82) is 0 Å². The third-order valence-corrected chi connectivity index (χ3v) is 2.12. The molecule has 0 aliphatic heterocycles. The fourth-order valence-corrected chi connectivity index (χ4v) is 1.40. The van der Waals surface area contributed by atoms with Crippen molar-refractivity contribution in [2.24, 2.45) is 0 Å². The highest BCUT2D eigenvalue weighted by Gasteiger charge is 2.11. The second-order valence-electron chi connectivity index (χ2n) is 3.34. The highest BCUT2D eigenvalue weighted by molar-refractivity contribution is 5.24. The van der Waals surface area contributed by atoms with Gasteiger partial charge in [0.05, 0.1) is 0 Å². The van der Waals surface area contributed by atoms with Gasteiger partial charge in [-0.05, 0) is 12.1 Å². The highest BCUT2D eigenvalue weighted by Crippen LogP contribution is 2.14. The van der Waals surface area contributed by atoms with Crippen LogP contribution in [0, 0.1) is 11.6 Å². The van der Waals surface area contributed by atoms with Crippen molar-refractivity contribution < 1.29 is 8.78 Å². The van der Waals surface area contributed by atoms with Gasteiger partial charge in [-0.15, -0.1) is 0 Å². The van der Waals surface area contributed by atoms with Gasteiger partial charge in [0.15, 0.2) is 0 Å². The Bertz CT molecular complexity index is 591. The van der Waals surface area contributed by atoms with Gasteiger partial charge in [-0.2, -0.15) is 9.97 Å². The molecular formula is C10H8F2N4O. The smallest absolute Gasteiger partial charge is 0.349 e. The first-order chi connectivity index (χ1) is 8.06. The Balaban J connectivity index is 2.41. The minimum atomic E-state index is -0.706. The zero-order valence-corrected chi connectivity index (χ0v) is 8.58. The number of nitrogens with one attached hydrogen (secondary N) is 1. The summed E-state index contributed by atoms with van der Waals surface area (Å²) in [5.74, 6) is -1.59. The molecule has 88 valence electrons. The maximum absolute atomic E-state index is 13.3. The third kappa shape index (κ3) is 2.44. The molecular weight excluding hydrogens is 230 g/mol. The Kier molecular flexibility index (Phi) is 2.82. The summed E-state index contributed by atoms with van der Waals surface area (Å²) < 4.78 is 26.7. The lowest BCUT2D eigenvalue weighted by molar-refractivity contribution is 0.558. The minimum Gasteiger partial charge on any atom is -0.368 e. The quantitative estimate of drug-likeness (QED) is 0.803. The zero-order valence-electron chi connectivity index (χ0n) is 8.58. The van der Waals surface area contributed by atoms with Crippen molar-refractivity contribution in [3.8, 4) is 0 Å². The second-order valence-corrected chi connectivity index (χ2v) is 3.34. The van der Waals surface area contributed by atoms with Gasteiger partial charge in [0.1, 0.15) is 17.5 Å². The maximum Gasteiger partial charge on any atom is 0.349 e. The van der Waals surface area contributed by atoms with E-state index in [0.717, 1.165) is 12.1 Å². The van der Waals surface area contributed by atoms with Crippen molar-refractivity contribution >= 4 is 5.95 Å². The molecule has 3 N–H and O–H groups in total. The van der Waals surface area contributed by atoms with Crippen molar-refractivity contribution in [2.45, 2.75) is 6.42 Å². The van der Waals surface area contributed by atoms with Crippen LogP contribution in [0.15, 0.2) is 23.0 Å². The average Bonchev–Trinajstić information content (AvgIpc) is 2.22. The van der Waals surface area contributed by atoms with Crippen LogP contribution in [0.25, 0.3) is 0 Å². The topological polar surface area (TPSA) is 84.7 Å². The average molecular weight is 238 g/mol. The summed E-state index contributed by atoms with van der Waals surface area (Å²) in [4.78, 5) is 20.2. The monoisotopic (exact) mass is 238 g/mol. The lowest BCUT2D eigenvalue weighted by Crippen LogP contribution is -2.18. The van der Waals surface area contributed by atoms with Gasteiger partial charge in [-0.1, -0.05) is 6.07 Å². The molecule has 1 heterocycles. The van der Waals surface area contributed by atoms with E-state index in [1.165, 1.54) is 6.07 Å². The van der Waals surface area contributed by atoms with Crippen LogP contribution in [0.1, 0.15) is 11.4 Å². The Morgan fingerprint density at radius 1 is 1.24 bits per heavy atom. The number of nitrogen functional groups attached to an aromatic ring is 1. The largest absolute Gasteiger partial charge is 0.368 e. The molecule has 0 saturated carbocycles. The number of rotatable bonds is 2. The number of hydrogen-bond donors (Lipinski definition) is 2. The van der Waals surface area contributed by atoms with E-state index in [-0.39, 0.29) is 23.8 Å². The number of hydrogen-bond acceptors (Lipinski definition) is 4. The van der Waals surface area contributed by atoms with E-state index in [1.54, 1.807) is 0 Å². The van der Waals surface area contributed by atoms with Crippen molar-refractivity contribution in [3.05, 3.63) is 51.7 Å². The maximum atomic E-state index is 13.3. The van der Waals surface area contributed by atoms with Gasteiger partial charge in [-0.25, -0.2) is 13.6 Å². The standard InChI is InChI=1S/C10H8F2N4O/c11-6-2-1-3-7(12)5(6)4-8-14-9(13)16-10(17)15-8/h1-3H,4H2,(H3,13,14,15,16,17). The van der Waals surface area contributed by atoms with Crippen LogP contribution in [-0.4, -0.2) is 15.0 Å². The fraction of sp³-hybridized carbons (Fsp3) is 0.100. The summed E-state index contributed by atoms with van der Waals surface area (Å²) >= 11 is 0. The van der Waals surface area contributed by atoms with E-state index in [0.29, 0.717) is 0 Å². The molecule has 2 aromatic rings. The molecule has 17 heavy (non-hydrogen) atoms. The third-order valence-electron chi connectivity index (χ3n) is 2.12. The first kappa shape index (κ1) is 11.2. The SMILES string of the molecule is Nc1nc(Cc2c(F)cccc2F)[nH]c(=O)n1. The van der Waals surface area contributed by atoms with E-state index in [9.17, 15) is 13.6 Å². The molecule has 1 aromatic heterocycles. The first-order valence-electron chi connectivity index (χ1n) is 4.72. The first-order valence-corrected chi connectivity index (χ1v) is 4.72. The molecule has 0 amide bonds. The normalized spacial score (nSPS) is 10.5. The van der Waals surface area contributed by atoms with Crippen LogP contribution in [0.5, 0.6) is 0 Å². The molecule has 0 bridgehead atoms. The van der Waals surface area contributed by atoms with E-state index in [4.69, 9.17) is 5.73 Å². The number of H-pyrrole nitrogens is 1. The van der Waals surface area contributed by atoms with Gasteiger partial charge in [0.2, 0.25) is 5.95 Å². The van der Waals surface area contributed by atoms with Gasteiger partial charge < -0.3 is 5.73 Å². The molecule has 0 fully saturated rings. The summed E-state index contributed by atoms with van der Waals surface area (Å²) in [7, 11) is 0.